The Morgan fingerprint density at radius 3 is 2.33 bits per heavy atom. The van der Waals surface area contributed by atoms with Crippen LogP contribution in [0.3, 0.4) is 0 Å². The lowest BCUT2D eigenvalue weighted by Gasteiger charge is -2.15. The number of hydrogen-bond acceptors (Lipinski definition) is 2. The van der Waals surface area contributed by atoms with E-state index in [9.17, 15) is 4.79 Å². The van der Waals surface area contributed by atoms with E-state index < -0.39 is 8.07 Å². The zero-order valence-corrected chi connectivity index (χ0v) is 8.96. The molecule has 0 aliphatic carbocycles. The Morgan fingerprint density at radius 2 is 2.08 bits per heavy atom. The molecule has 0 aliphatic rings. The molecular weight excluding hydrogens is 168 g/mol. The van der Waals surface area contributed by atoms with Crippen LogP contribution in [0.15, 0.2) is 6.20 Å². The maximum absolute atomic E-state index is 10.5. The molecule has 0 N–H and O–H groups in total. The van der Waals surface area contributed by atoms with Gasteiger partial charge in [0.25, 0.3) is 0 Å². The quantitative estimate of drug-likeness (QED) is 0.500. The zero-order chi connectivity index (χ0) is 9.35. The second-order valence-corrected chi connectivity index (χ2v) is 8.88. The molecule has 1 heterocycles. The van der Waals surface area contributed by atoms with Crippen LogP contribution in [0.2, 0.25) is 19.6 Å². The molecule has 1 aromatic rings. The summed E-state index contributed by atoms with van der Waals surface area (Å²) in [6.45, 7) is 6.64. The Balaban J connectivity index is 3.19. The molecular formula is C8H14N2OSi. The second-order valence-electron chi connectivity index (χ2n) is 3.93. The van der Waals surface area contributed by atoms with Gasteiger partial charge in [-0.25, -0.2) is 4.98 Å². The van der Waals surface area contributed by atoms with Gasteiger partial charge in [0.05, 0.1) is 11.6 Å². The Hall–Kier alpha value is -0.903. The number of aldehydes is 1. The van der Waals surface area contributed by atoms with Crippen LogP contribution in [-0.4, -0.2) is 23.9 Å². The third-order valence-corrected chi connectivity index (χ3v) is 3.62. The average molecular weight is 182 g/mol. The third kappa shape index (κ3) is 1.48. The Morgan fingerprint density at radius 1 is 1.50 bits per heavy atom. The molecule has 0 spiro atoms. The highest BCUT2D eigenvalue weighted by Gasteiger charge is 2.22. The molecule has 12 heavy (non-hydrogen) atoms. The first-order valence-corrected chi connectivity index (χ1v) is 7.44. The lowest BCUT2D eigenvalue weighted by atomic mass is 10.5. The first kappa shape index (κ1) is 9.19. The SMILES string of the molecule is Cn1c(C=O)cnc1[Si](C)(C)C. The van der Waals surface area contributed by atoms with Crippen LogP contribution in [0, 0.1) is 0 Å². The first-order chi connectivity index (χ1) is 5.46. The third-order valence-electron chi connectivity index (χ3n) is 1.82. The number of rotatable bonds is 2. The van der Waals surface area contributed by atoms with Crippen LogP contribution >= 0.6 is 0 Å². The molecule has 4 heteroatoms. The molecule has 1 rings (SSSR count). The van der Waals surface area contributed by atoms with E-state index in [2.05, 4.69) is 24.6 Å². The molecule has 0 aromatic carbocycles. The fourth-order valence-electron chi connectivity index (χ4n) is 1.23. The highest BCUT2D eigenvalue weighted by molar-refractivity contribution is 6.87. The van der Waals surface area contributed by atoms with Gasteiger partial charge in [0.1, 0.15) is 13.8 Å². The fraction of sp³-hybridized carbons (Fsp3) is 0.500. The predicted octanol–water partition coefficient (Wildman–Crippen LogP) is 0.778. The normalized spacial score (nSPS) is 11.7. The number of carbonyl (C=O) groups is 1. The zero-order valence-electron chi connectivity index (χ0n) is 7.96. The van der Waals surface area contributed by atoms with Gasteiger partial charge in [0.2, 0.25) is 0 Å². The van der Waals surface area contributed by atoms with Crippen molar-refractivity contribution in [3.63, 3.8) is 0 Å². The summed E-state index contributed by atoms with van der Waals surface area (Å²) in [7, 11) is 0.513. The molecule has 0 aliphatic heterocycles. The van der Waals surface area contributed by atoms with Crippen LogP contribution in [0.25, 0.3) is 0 Å². The molecule has 0 amide bonds. The van der Waals surface area contributed by atoms with Crippen molar-refractivity contribution >= 4 is 19.8 Å². The van der Waals surface area contributed by atoms with Crippen molar-refractivity contribution in [1.82, 2.24) is 9.55 Å². The Labute approximate surface area is 73.4 Å². The second kappa shape index (κ2) is 2.86. The number of nitrogens with zero attached hydrogens (tertiary/aromatic N) is 2. The summed E-state index contributed by atoms with van der Waals surface area (Å²) in [5.74, 6) is 0. The molecule has 1 aromatic heterocycles. The van der Waals surface area contributed by atoms with Gasteiger partial charge in [-0.15, -0.1) is 0 Å². The van der Waals surface area contributed by atoms with E-state index in [1.165, 1.54) is 0 Å². The predicted molar refractivity (Wildman–Crippen MR) is 51.6 cm³/mol. The van der Waals surface area contributed by atoms with Gasteiger partial charge in [0, 0.05) is 7.05 Å². The van der Waals surface area contributed by atoms with E-state index in [1.807, 2.05) is 11.6 Å². The van der Waals surface area contributed by atoms with Gasteiger partial charge in [-0.05, 0) is 0 Å². The molecule has 0 atom stereocenters. The van der Waals surface area contributed by atoms with Crippen LogP contribution in [-0.2, 0) is 7.05 Å². The minimum atomic E-state index is -1.38. The average Bonchev–Trinajstić information content (AvgIpc) is 2.29. The molecule has 66 valence electrons. The summed E-state index contributed by atoms with van der Waals surface area (Å²) in [6, 6.07) is 0. The van der Waals surface area contributed by atoms with Gasteiger partial charge in [-0.1, -0.05) is 19.6 Å². The molecule has 0 radical (unpaired) electrons. The summed E-state index contributed by atoms with van der Waals surface area (Å²) >= 11 is 0. The number of aromatic nitrogens is 2. The summed E-state index contributed by atoms with van der Waals surface area (Å²) < 4.78 is 1.89. The van der Waals surface area contributed by atoms with E-state index in [0.29, 0.717) is 5.69 Å². The van der Waals surface area contributed by atoms with Gasteiger partial charge < -0.3 is 4.57 Å². The first-order valence-electron chi connectivity index (χ1n) is 3.94. The molecule has 0 saturated carbocycles. The minimum Gasteiger partial charge on any atom is -0.333 e. The van der Waals surface area contributed by atoms with Crippen molar-refractivity contribution in [2.45, 2.75) is 19.6 Å². The lowest BCUT2D eigenvalue weighted by Crippen LogP contribution is -2.44. The number of imidazole rings is 1. The highest BCUT2D eigenvalue weighted by atomic mass is 28.3. The smallest absolute Gasteiger partial charge is 0.168 e. The fourth-order valence-corrected chi connectivity index (χ4v) is 2.82. The van der Waals surface area contributed by atoms with Crippen LogP contribution in [0.1, 0.15) is 10.5 Å². The monoisotopic (exact) mass is 182 g/mol. The summed E-state index contributed by atoms with van der Waals surface area (Å²) in [6.07, 6.45) is 2.48. The van der Waals surface area contributed by atoms with Crippen LogP contribution in [0.4, 0.5) is 0 Å². The van der Waals surface area contributed by atoms with Crippen molar-refractivity contribution in [3.05, 3.63) is 11.9 Å². The summed E-state index contributed by atoms with van der Waals surface area (Å²) in [5, 5.41) is 0. The van der Waals surface area contributed by atoms with Crippen LogP contribution < -0.4 is 5.45 Å². The summed E-state index contributed by atoms with van der Waals surface area (Å²) in [4.78, 5) is 14.8. The van der Waals surface area contributed by atoms with Gasteiger partial charge >= 0.3 is 0 Å². The minimum absolute atomic E-state index is 0.660. The molecule has 0 fully saturated rings. The number of carbonyl (C=O) groups excluding carboxylic acids is 1. The topological polar surface area (TPSA) is 34.9 Å². The van der Waals surface area contributed by atoms with E-state index in [4.69, 9.17) is 0 Å². The van der Waals surface area contributed by atoms with Gasteiger partial charge in [-0.2, -0.15) is 0 Å². The Kier molecular flexibility index (Phi) is 2.19. The molecule has 0 saturated heterocycles. The molecule has 0 unspecified atom stereocenters. The standard InChI is InChI=1S/C8H14N2OSi/c1-10-7(6-11)5-9-8(10)12(2,3)4/h5-6H,1-4H3. The number of hydrogen-bond donors (Lipinski definition) is 0. The van der Waals surface area contributed by atoms with E-state index in [0.717, 1.165) is 11.7 Å². The van der Waals surface area contributed by atoms with Crippen molar-refractivity contribution in [3.8, 4) is 0 Å². The van der Waals surface area contributed by atoms with Gasteiger partial charge in [-0.3, -0.25) is 4.79 Å². The molecule has 3 nitrogen and oxygen atoms in total. The molecule has 0 bridgehead atoms. The highest BCUT2D eigenvalue weighted by Crippen LogP contribution is 2.01. The van der Waals surface area contributed by atoms with Crippen molar-refractivity contribution in [2.24, 2.45) is 7.05 Å². The largest absolute Gasteiger partial charge is 0.333 e. The van der Waals surface area contributed by atoms with E-state index in [1.54, 1.807) is 6.20 Å². The maximum atomic E-state index is 10.5. The summed E-state index contributed by atoms with van der Waals surface area (Å²) in [5.41, 5.74) is 1.73. The van der Waals surface area contributed by atoms with E-state index >= 15 is 0 Å². The Bertz CT molecular complexity index is 298. The van der Waals surface area contributed by atoms with Crippen molar-refractivity contribution in [2.75, 3.05) is 0 Å². The van der Waals surface area contributed by atoms with E-state index in [-0.39, 0.29) is 0 Å². The van der Waals surface area contributed by atoms with Crippen molar-refractivity contribution < 1.29 is 4.79 Å². The van der Waals surface area contributed by atoms with Crippen molar-refractivity contribution in [1.29, 1.82) is 0 Å². The van der Waals surface area contributed by atoms with Gasteiger partial charge in [0.15, 0.2) is 6.29 Å². The maximum Gasteiger partial charge on any atom is 0.168 e. The van der Waals surface area contributed by atoms with Crippen LogP contribution in [0.5, 0.6) is 0 Å². The lowest BCUT2D eigenvalue weighted by molar-refractivity contribution is 0.111.